The van der Waals surface area contributed by atoms with Crippen LogP contribution in [0.2, 0.25) is 0 Å². The maximum atomic E-state index is 5.56. The molecular weight excluding hydrogens is 1310 g/mol. The summed E-state index contributed by atoms with van der Waals surface area (Å²) in [5.41, 5.74) is 29.9. The predicted octanol–water partition coefficient (Wildman–Crippen LogP) is 24.9. The molecule has 21 rings (SSSR count). The highest BCUT2D eigenvalue weighted by atomic mass is 15.0. The van der Waals surface area contributed by atoms with Crippen LogP contribution in [0.5, 0.6) is 0 Å². The van der Waals surface area contributed by atoms with Crippen LogP contribution in [-0.2, 0) is 10.8 Å². The molecule has 7 heteroatoms. The van der Waals surface area contributed by atoms with Gasteiger partial charge in [0.2, 0.25) is 0 Å². The van der Waals surface area contributed by atoms with E-state index in [-0.39, 0.29) is 0 Å². The van der Waals surface area contributed by atoms with Crippen molar-refractivity contribution >= 4 is 43.6 Å². The molecule has 0 saturated heterocycles. The van der Waals surface area contributed by atoms with Gasteiger partial charge in [-0.25, -0.2) is 24.9 Å². The van der Waals surface area contributed by atoms with Crippen molar-refractivity contribution in [3.63, 3.8) is 0 Å². The van der Waals surface area contributed by atoms with Crippen LogP contribution in [0, 0.1) is 0 Å². The highest BCUT2D eigenvalue weighted by molar-refractivity contribution is 6.20. The zero-order valence-electron chi connectivity index (χ0n) is 59.3. The second-order valence-electron chi connectivity index (χ2n) is 28.9. The summed E-state index contributed by atoms with van der Waals surface area (Å²) in [4.78, 5) is 27.0. The first-order valence-corrected chi connectivity index (χ1v) is 37.0. The Morgan fingerprint density at radius 1 is 0.231 bits per heavy atom. The minimum atomic E-state index is -0.551. The van der Waals surface area contributed by atoms with Crippen molar-refractivity contribution in [1.82, 2.24) is 34.1 Å². The van der Waals surface area contributed by atoms with Crippen LogP contribution < -0.4 is 0 Å². The summed E-state index contributed by atoms with van der Waals surface area (Å²) in [6, 6.07) is 134. The number of hydrogen-bond donors (Lipinski definition) is 0. The summed E-state index contributed by atoms with van der Waals surface area (Å²) in [6.07, 6.45) is 0. The summed E-state index contributed by atoms with van der Waals surface area (Å²) >= 11 is 0. The third kappa shape index (κ3) is 9.78. The molecule has 0 aliphatic heterocycles. The van der Waals surface area contributed by atoms with Crippen LogP contribution in [0.3, 0.4) is 0 Å². The summed E-state index contributed by atoms with van der Waals surface area (Å²) in [5, 5.41) is 4.71. The molecule has 2 unspecified atom stereocenters. The smallest absolute Gasteiger partial charge is 0.164 e. The van der Waals surface area contributed by atoms with Crippen LogP contribution in [0.1, 0.15) is 47.2 Å². The minimum Gasteiger partial charge on any atom is -0.309 e. The molecule has 108 heavy (non-hydrogen) atoms. The third-order valence-electron chi connectivity index (χ3n) is 22.9. The highest BCUT2D eigenvalue weighted by Crippen LogP contribution is 2.59. The normalized spacial score (nSPS) is 14.8. The molecular formula is C101H67N7. The first-order chi connectivity index (χ1) is 53.3. The van der Waals surface area contributed by atoms with Crippen LogP contribution >= 0.6 is 0 Å². The van der Waals surface area contributed by atoms with Gasteiger partial charge in [-0.05, 0) is 146 Å². The Balaban J connectivity index is 0.736. The molecule has 4 heterocycles. The van der Waals surface area contributed by atoms with Gasteiger partial charge >= 0.3 is 0 Å². The van der Waals surface area contributed by atoms with E-state index in [1.807, 2.05) is 24.3 Å². The zero-order chi connectivity index (χ0) is 71.6. The van der Waals surface area contributed by atoms with Gasteiger partial charge in [0.15, 0.2) is 23.3 Å². The van der Waals surface area contributed by atoms with E-state index in [1.54, 1.807) is 0 Å². The lowest BCUT2D eigenvalue weighted by Gasteiger charge is -2.30. The van der Waals surface area contributed by atoms with E-state index < -0.39 is 10.8 Å². The van der Waals surface area contributed by atoms with E-state index in [9.17, 15) is 0 Å². The summed E-state index contributed by atoms with van der Waals surface area (Å²) < 4.78 is 5.01. The molecule has 0 amide bonds. The minimum absolute atomic E-state index is 0.445. The molecule has 7 nitrogen and oxygen atoms in total. The molecule has 2 aliphatic rings. The van der Waals surface area contributed by atoms with Gasteiger partial charge in [-0.3, -0.25) is 0 Å². The van der Waals surface area contributed by atoms with Crippen molar-refractivity contribution < 1.29 is 0 Å². The molecule has 4 aromatic heterocycles. The second-order valence-corrected chi connectivity index (χ2v) is 28.9. The van der Waals surface area contributed by atoms with E-state index in [0.717, 1.165) is 100 Å². The van der Waals surface area contributed by atoms with Gasteiger partial charge in [-0.1, -0.05) is 315 Å². The number of fused-ring (bicyclic) bond motifs is 14. The number of rotatable bonds is 12. The average Bonchev–Trinajstić information content (AvgIpc) is 1.52. The molecule has 19 aromatic rings. The van der Waals surface area contributed by atoms with Gasteiger partial charge in [-0.15, -0.1) is 0 Å². The Kier molecular flexibility index (Phi) is 14.4. The Morgan fingerprint density at radius 2 is 0.648 bits per heavy atom. The summed E-state index contributed by atoms with van der Waals surface area (Å²) in [5.74, 6) is 2.42. The van der Waals surface area contributed by atoms with E-state index >= 15 is 0 Å². The van der Waals surface area contributed by atoms with Crippen molar-refractivity contribution in [2.24, 2.45) is 0 Å². The molecule has 0 radical (unpaired) electrons. The van der Waals surface area contributed by atoms with Gasteiger partial charge < -0.3 is 9.13 Å². The van der Waals surface area contributed by atoms with E-state index in [4.69, 9.17) is 24.9 Å². The van der Waals surface area contributed by atoms with Gasteiger partial charge in [0.25, 0.3) is 0 Å². The van der Waals surface area contributed by atoms with Crippen molar-refractivity contribution in [3.8, 4) is 124 Å². The summed E-state index contributed by atoms with van der Waals surface area (Å²) in [7, 11) is 0. The molecule has 2 aliphatic carbocycles. The number of benzene rings is 15. The van der Waals surface area contributed by atoms with Gasteiger partial charge in [0.1, 0.15) is 0 Å². The monoisotopic (exact) mass is 1380 g/mol. The zero-order valence-corrected chi connectivity index (χ0v) is 59.3. The third-order valence-corrected chi connectivity index (χ3v) is 22.9. The first-order valence-electron chi connectivity index (χ1n) is 37.0. The Labute approximate surface area is 625 Å². The lowest BCUT2D eigenvalue weighted by molar-refractivity contribution is 0.717. The topological polar surface area (TPSA) is 74.3 Å². The number of aromatic nitrogens is 7. The van der Waals surface area contributed by atoms with Gasteiger partial charge in [0, 0.05) is 77.1 Å². The molecule has 0 N–H and O–H groups in total. The number of nitrogens with zero attached hydrogens (tertiary/aromatic N) is 7. The quantitative estimate of drug-likeness (QED) is 0.122. The van der Waals surface area contributed by atoms with E-state index in [1.165, 1.54) is 77.5 Å². The highest BCUT2D eigenvalue weighted by Gasteiger charge is 2.45. The van der Waals surface area contributed by atoms with Gasteiger partial charge in [-0.2, -0.15) is 0 Å². The lowest BCUT2D eigenvalue weighted by atomic mass is 9.73. The first kappa shape index (κ1) is 62.5. The van der Waals surface area contributed by atoms with Crippen LogP contribution in [0.4, 0.5) is 0 Å². The molecule has 0 bridgehead atoms. The fraction of sp³-hybridized carbons (Fsp3) is 0.0396. The van der Waals surface area contributed by atoms with E-state index in [2.05, 4.69) is 369 Å². The fourth-order valence-electron chi connectivity index (χ4n) is 17.8. The number of hydrogen-bond acceptors (Lipinski definition) is 5. The second kappa shape index (κ2) is 24.8. The lowest BCUT2D eigenvalue weighted by Crippen LogP contribution is -2.23. The molecule has 0 spiro atoms. The van der Waals surface area contributed by atoms with Crippen molar-refractivity contribution in [2.75, 3.05) is 0 Å². The molecule has 0 fully saturated rings. The maximum absolute atomic E-state index is 5.56. The standard InChI is InChI=1S/C101H67N7/c1-100(73-37-14-6-15-38-73)85-46-22-18-42-77(85)80-58-59-81-79-44-20-24-48-89(79)108(94(81)92(80)100)76-41-27-36-72(61-76)99-105-97(69-32-12-5-13-33-69)104-98(106-99)71-35-26-34-70(60-71)83-62-84-78-43-19-23-47-86(78)101(2,74-39-16-7-17-40-74)93(84)95-91(83)82-45-21-25-49-90(82)107(95)75-56-54-67(55-57-75)88-63-87(102-96(103-88)68-30-10-4-11-31-68)66-52-50-65(51-53-66)64-28-8-3-9-29-64/h3-63H,1-2H3. The van der Waals surface area contributed by atoms with Gasteiger partial charge in [0.05, 0.1) is 33.5 Å². The molecule has 506 valence electrons. The molecule has 2 atom stereocenters. The SMILES string of the molecule is CC1(c2ccccc2)c2ccccc2-c2ccc3c4ccccc4n(-c4cccc(-c5nc(-c6ccccc6)nc(-c6cccc(-c7cc8c(c9c7c7ccccc7n9-c7ccc(-c9cc(-c%10ccc(-c%11ccccc%11)cc%10)nc(-c%10ccccc%10)n9)cc7)C(C)(c7ccccc7)c7ccccc7-8)c6)n5)c4)c3c21. The van der Waals surface area contributed by atoms with Crippen molar-refractivity contribution in [2.45, 2.75) is 24.7 Å². The van der Waals surface area contributed by atoms with Crippen LogP contribution in [-0.4, -0.2) is 34.1 Å². The molecule has 15 aromatic carbocycles. The summed E-state index contributed by atoms with van der Waals surface area (Å²) in [6.45, 7) is 4.84. The van der Waals surface area contributed by atoms with Crippen LogP contribution in [0.15, 0.2) is 370 Å². The fourth-order valence-corrected chi connectivity index (χ4v) is 17.8. The maximum Gasteiger partial charge on any atom is 0.164 e. The Morgan fingerprint density at radius 3 is 1.25 bits per heavy atom. The predicted molar refractivity (Wildman–Crippen MR) is 442 cm³/mol. The Hall–Kier alpha value is -14.0. The Bertz CT molecular complexity index is 6790. The van der Waals surface area contributed by atoms with Crippen molar-refractivity contribution in [3.05, 3.63) is 403 Å². The molecule has 0 saturated carbocycles. The average molecular weight is 1380 g/mol. The largest absolute Gasteiger partial charge is 0.309 e. The van der Waals surface area contributed by atoms with Crippen LogP contribution in [0.25, 0.3) is 168 Å². The van der Waals surface area contributed by atoms with E-state index in [0.29, 0.717) is 23.3 Å². The van der Waals surface area contributed by atoms with Crippen molar-refractivity contribution in [1.29, 1.82) is 0 Å². The number of para-hydroxylation sites is 2.